The van der Waals surface area contributed by atoms with Gasteiger partial charge < -0.3 is 10.6 Å². The van der Waals surface area contributed by atoms with Crippen LogP contribution in [0.15, 0.2) is 54.6 Å². The van der Waals surface area contributed by atoms with Crippen LogP contribution in [0.25, 0.3) is 0 Å². The van der Waals surface area contributed by atoms with Crippen molar-refractivity contribution in [1.29, 1.82) is 0 Å². The zero-order valence-corrected chi connectivity index (χ0v) is 12.3. The second-order valence-corrected chi connectivity index (χ2v) is 5.20. The molecule has 2 rings (SSSR count). The molecule has 0 unspecified atom stereocenters. The summed E-state index contributed by atoms with van der Waals surface area (Å²) in [6, 6.07) is 19.1. The predicted octanol–water partition coefficient (Wildman–Crippen LogP) is 3.60. The Morgan fingerprint density at radius 2 is 1.60 bits per heavy atom. The third-order valence-electron chi connectivity index (χ3n) is 3.67. The maximum Gasteiger partial charge on any atom is 0.0409 e. The number of nitrogens with zero attached hydrogens (tertiary/aromatic N) is 1. The summed E-state index contributed by atoms with van der Waals surface area (Å²) in [5.74, 6) is 0. The molecule has 0 saturated carbocycles. The van der Waals surface area contributed by atoms with E-state index in [2.05, 4.69) is 66.5 Å². The number of nitrogens with two attached hydrogens (primary N) is 1. The molecule has 20 heavy (non-hydrogen) atoms. The minimum absolute atomic E-state index is 0.602. The van der Waals surface area contributed by atoms with Gasteiger partial charge in [-0.25, -0.2) is 0 Å². The van der Waals surface area contributed by atoms with Gasteiger partial charge in [0.05, 0.1) is 0 Å². The lowest BCUT2D eigenvalue weighted by molar-refractivity contribution is 0.717. The molecule has 0 amide bonds. The molecule has 106 valence electrons. The Morgan fingerprint density at radius 1 is 0.900 bits per heavy atom. The fourth-order valence-corrected chi connectivity index (χ4v) is 2.50. The van der Waals surface area contributed by atoms with E-state index in [-0.39, 0.29) is 0 Å². The van der Waals surface area contributed by atoms with E-state index in [4.69, 9.17) is 5.73 Å². The first-order valence-corrected chi connectivity index (χ1v) is 7.34. The van der Waals surface area contributed by atoms with Gasteiger partial charge in [-0.3, -0.25) is 0 Å². The van der Waals surface area contributed by atoms with E-state index in [0.717, 1.165) is 13.0 Å². The maximum atomic E-state index is 5.79. The number of benzene rings is 2. The van der Waals surface area contributed by atoms with Crippen molar-refractivity contribution in [1.82, 2.24) is 0 Å². The smallest absolute Gasteiger partial charge is 0.0409 e. The minimum atomic E-state index is 0.602. The normalized spacial score (nSPS) is 10.5. The lowest BCUT2D eigenvalue weighted by atomic mass is 10.1. The summed E-state index contributed by atoms with van der Waals surface area (Å²) >= 11 is 0. The second-order valence-electron chi connectivity index (χ2n) is 5.20. The Hall–Kier alpha value is -1.80. The summed E-state index contributed by atoms with van der Waals surface area (Å²) in [5.41, 5.74) is 9.70. The molecule has 0 bridgehead atoms. The molecular formula is C18H24N2. The van der Waals surface area contributed by atoms with Crippen molar-refractivity contribution in [2.75, 3.05) is 18.5 Å². The molecule has 0 saturated heterocycles. The van der Waals surface area contributed by atoms with Gasteiger partial charge in [-0.15, -0.1) is 0 Å². The number of hydrogen-bond acceptors (Lipinski definition) is 2. The number of rotatable bonds is 7. The Morgan fingerprint density at radius 3 is 2.35 bits per heavy atom. The topological polar surface area (TPSA) is 29.3 Å². The average molecular weight is 268 g/mol. The number of para-hydroxylation sites is 1. The van der Waals surface area contributed by atoms with E-state index in [1.54, 1.807) is 0 Å². The van der Waals surface area contributed by atoms with Gasteiger partial charge in [-0.05, 0) is 36.5 Å². The molecule has 2 N–H and O–H groups in total. The highest BCUT2D eigenvalue weighted by molar-refractivity contribution is 5.52. The van der Waals surface area contributed by atoms with Crippen LogP contribution in [-0.4, -0.2) is 13.6 Å². The number of hydrogen-bond donors (Lipinski definition) is 1. The van der Waals surface area contributed by atoms with E-state index in [1.807, 2.05) is 0 Å². The molecule has 0 spiro atoms. The molecule has 0 aromatic heterocycles. The first kappa shape index (κ1) is 14.6. The molecule has 2 aromatic rings. The summed E-state index contributed by atoms with van der Waals surface area (Å²) < 4.78 is 0. The Labute approximate surface area is 122 Å². The quantitative estimate of drug-likeness (QED) is 0.777. The van der Waals surface area contributed by atoms with Crippen LogP contribution >= 0.6 is 0 Å². The summed E-state index contributed by atoms with van der Waals surface area (Å²) in [4.78, 5) is 2.31. The van der Waals surface area contributed by atoms with Crippen LogP contribution < -0.4 is 10.6 Å². The van der Waals surface area contributed by atoms with E-state index >= 15 is 0 Å². The van der Waals surface area contributed by atoms with Crippen LogP contribution in [0.1, 0.15) is 24.0 Å². The number of aryl methyl sites for hydroxylation is 1. The van der Waals surface area contributed by atoms with Crippen LogP contribution in [0.4, 0.5) is 5.69 Å². The zero-order chi connectivity index (χ0) is 14.2. The van der Waals surface area contributed by atoms with E-state index in [9.17, 15) is 0 Å². The predicted molar refractivity (Wildman–Crippen MR) is 87.0 cm³/mol. The molecule has 0 aliphatic carbocycles. The third kappa shape index (κ3) is 4.10. The first-order valence-electron chi connectivity index (χ1n) is 7.34. The van der Waals surface area contributed by atoms with Gasteiger partial charge in [0.1, 0.15) is 0 Å². The standard InChI is InChI=1S/C18H24N2/c1-20(18-13-6-5-12-17(18)15-19)14-8-7-11-16-9-3-2-4-10-16/h2-6,9-10,12-13H,7-8,11,14-15,19H2,1H3. The highest BCUT2D eigenvalue weighted by Gasteiger charge is 2.05. The first-order chi connectivity index (χ1) is 9.81. The van der Waals surface area contributed by atoms with Gasteiger partial charge in [0.15, 0.2) is 0 Å². The maximum absolute atomic E-state index is 5.79. The molecular weight excluding hydrogens is 244 g/mol. The number of anilines is 1. The summed E-state index contributed by atoms with van der Waals surface area (Å²) in [7, 11) is 2.15. The highest BCUT2D eigenvalue weighted by Crippen LogP contribution is 2.19. The minimum Gasteiger partial charge on any atom is -0.374 e. The van der Waals surface area contributed by atoms with Crippen LogP contribution in [0.5, 0.6) is 0 Å². The Kier molecular flexibility index (Phi) is 5.63. The molecule has 2 heteroatoms. The summed E-state index contributed by atoms with van der Waals surface area (Å²) in [6.07, 6.45) is 3.58. The van der Waals surface area contributed by atoms with Gasteiger partial charge in [0, 0.05) is 25.8 Å². The van der Waals surface area contributed by atoms with Gasteiger partial charge in [-0.1, -0.05) is 48.5 Å². The van der Waals surface area contributed by atoms with Crippen LogP contribution in [0.3, 0.4) is 0 Å². The van der Waals surface area contributed by atoms with Crippen molar-refractivity contribution in [2.24, 2.45) is 5.73 Å². The lowest BCUT2D eigenvalue weighted by Crippen LogP contribution is -2.20. The number of unbranched alkanes of at least 4 members (excludes halogenated alkanes) is 1. The van der Waals surface area contributed by atoms with Crippen molar-refractivity contribution in [3.05, 3.63) is 65.7 Å². The Bertz CT molecular complexity index is 508. The van der Waals surface area contributed by atoms with Crippen molar-refractivity contribution in [3.63, 3.8) is 0 Å². The average Bonchev–Trinajstić information content (AvgIpc) is 2.52. The van der Waals surface area contributed by atoms with Gasteiger partial charge in [0.25, 0.3) is 0 Å². The summed E-state index contributed by atoms with van der Waals surface area (Å²) in [5, 5.41) is 0. The molecule has 2 nitrogen and oxygen atoms in total. The SMILES string of the molecule is CN(CCCCc1ccccc1)c1ccccc1CN. The van der Waals surface area contributed by atoms with Crippen LogP contribution in [0.2, 0.25) is 0 Å². The Balaban J connectivity index is 1.79. The van der Waals surface area contributed by atoms with Crippen LogP contribution in [-0.2, 0) is 13.0 Å². The largest absolute Gasteiger partial charge is 0.374 e. The fraction of sp³-hybridized carbons (Fsp3) is 0.333. The molecule has 0 aliphatic rings. The van der Waals surface area contributed by atoms with Gasteiger partial charge in [0.2, 0.25) is 0 Å². The monoisotopic (exact) mass is 268 g/mol. The lowest BCUT2D eigenvalue weighted by Gasteiger charge is -2.22. The van der Waals surface area contributed by atoms with Crippen molar-refractivity contribution >= 4 is 5.69 Å². The van der Waals surface area contributed by atoms with Crippen molar-refractivity contribution < 1.29 is 0 Å². The van der Waals surface area contributed by atoms with E-state index in [1.165, 1.54) is 29.7 Å². The van der Waals surface area contributed by atoms with E-state index in [0.29, 0.717) is 6.54 Å². The van der Waals surface area contributed by atoms with Crippen molar-refractivity contribution in [3.8, 4) is 0 Å². The summed E-state index contributed by atoms with van der Waals surface area (Å²) in [6.45, 7) is 1.67. The fourth-order valence-electron chi connectivity index (χ4n) is 2.50. The molecule has 0 heterocycles. The van der Waals surface area contributed by atoms with Crippen LogP contribution in [0, 0.1) is 0 Å². The molecule has 2 aromatic carbocycles. The van der Waals surface area contributed by atoms with E-state index < -0.39 is 0 Å². The molecule has 0 fully saturated rings. The highest BCUT2D eigenvalue weighted by atomic mass is 15.1. The molecule has 0 aliphatic heterocycles. The zero-order valence-electron chi connectivity index (χ0n) is 12.3. The molecule has 0 radical (unpaired) electrons. The second kappa shape index (κ2) is 7.71. The van der Waals surface area contributed by atoms with Gasteiger partial charge in [-0.2, -0.15) is 0 Å². The third-order valence-corrected chi connectivity index (χ3v) is 3.67. The molecule has 0 atom stereocenters. The van der Waals surface area contributed by atoms with Gasteiger partial charge >= 0.3 is 0 Å². The van der Waals surface area contributed by atoms with Crippen molar-refractivity contribution in [2.45, 2.75) is 25.8 Å².